The van der Waals surface area contributed by atoms with Gasteiger partial charge in [0.05, 0.1) is 5.69 Å². The van der Waals surface area contributed by atoms with E-state index in [2.05, 4.69) is 66.7 Å². The van der Waals surface area contributed by atoms with Crippen molar-refractivity contribution >= 4 is 5.69 Å². The van der Waals surface area contributed by atoms with E-state index in [1.54, 1.807) is 6.07 Å². The molecule has 5 aliphatic rings. The molecule has 0 saturated heterocycles. The third-order valence-corrected chi connectivity index (χ3v) is 9.98. The minimum absolute atomic E-state index is 0.101. The van der Waals surface area contributed by atoms with Gasteiger partial charge in [-0.05, 0) is 120 Å². The molecule has 5 aliphatic carbocycles. The van der Waals surface area contributed by atoms with Gasteiger partial charge in [-0.2, -0.15) is 0 Å². The molecular formula is C35H33NO2. The van der Waals surface area contributed by atoms with E-state index in [1.807, 2.05) is 6.07 Å². The number of rotatable bonds is 4. The summed E-state index contributed by atoms with van der Waals surface area (Å²) in [5.41, 5.74) is 16.0. The molecule has 4 saturated carbocycles. The largest absolute Gasteiger partial charge is 0.506 e. The van der Waals surface area contributed by atoms with E-state index >= 15 is 0 Å². The molecule has 4 bridgehead atoms. The molecule has 4 fully saturated rings. The fourth-order valence-corrected chi connectivity index (χ4v) is 8.78. The van der Waals surface area contributed by atoms with Gasteiger partial charge in [0.25, 0.3) is 0 Å². The number of nitrogens with two attached hydrogens (primary N) is 1. The van der Waals surface area contributed by atoms with Crippen molar-refractivity contribution in [3.63, 3.8) is 0 Å². The highest BCUT2D eigenvalue weighted by Crippen LogP contribution is 2.62. The zero-order chi connectivity index (χ0) is 25.4. The molecule has 0 aromatic heterocycles. The standard InChI is InChI=1S/C35H33NO2/c36-32-16-31(35-18-21-12-22(19-35)14-23(13-21)20-35)34(17-33(32)37)38-26-10-8-24(9-11-26)27-6-3-7-29-28-5-2-1-4-25(28)15-30(27)29/h1-11,16-17,21-23,37H,12-15,18-20,36H2. The van der Waals surface area contributed by atoms with Crippen LogP contribution in [0.4, 0.5) is 5.69 Å². The van der Waals surface area contributed by atoms with Crippen molar-refractivity contribution in [3.8, 4) is 39.5 Å². The van der Waals surface area contributed by atoms with Gasteiger partial charge in [0.1, 0.15) is 17.2 Å². The maximum atomic E-state index is 10.5. The van der Waals surface area contributed by atoms with Crippen molar-refractivity contribution in [3.05, 3.63) is 95.6 Å². The Labute approximate surface area is 224 Å². The molecule has 9 rings (SSSR count). The van der Waals surface area contributed by atoms with E-state index in [0.29, 0.717) is 5.69 Å². The van der Waals surface area contributed by atoms with Crippen LogP contribution in [0.2, 0.25) is 0 Å². The predicted molar refractivity (Wildman–Crippen MR) is 153 cm³/mol. The number of ether oxygens (including phenoxy) is 1. The van der Waals surface area contributed by atoms with Crippen LogP contribution in [-0.2, 0) is 11.8 Å². The third kappa shape index (κ3) is 3.41. The number of fused-ring (bicyclic) bond motifs is 3. The van der Waals surface area contributed by atoms with E-state index in [4.69, 9.17) is 10.5 Å². The average molecular weight is 500 g/mol. The lowest BCUT2D eigenvalue weighted by Gasteiger charge is -2.57. The molecule has 0 heterocycles. The molecular weight excluding hydrogens is 466 g/mol. The molecule has 38 heavy (non-hydrogen) atoms. The molecule has 0 radical (unpaired) electrons. The number of hydrogen-bond acceptors (Lipinski definition) is 3. The van der Waals surface area contributed by atoms with Crippen LogP contribution in [0.25, 0.3) is 22.3 Å². The zero-order valence-corrected chi connectivity index (χ0v) is 21.6. The van der Waals surface area contributed by atoms with Gasteiger partial charge in [-0.15, -0.1) is 0 Å². The number of aromatic hydroxyl groups is 1. The molecule has 0 spiro atoms. The normalized spacial score (nSPS) is 26.3. The molecule has 3 nitrogen and oxygen atoms in total. The first-order chi connectivity index (χ1) is 18.5. The highest BCUT2D eigenvalue weighted by atomic mass is 16.5. The van der Waals surface area contributed by atoms with Gasteiger partial charge in [-0.3, -0.25) is 0 Å². The Bertz CT molecular complexity index is 1530. The van der Waals surface area contributed by atoms with Crippen LogP contribution in [0.15, 0.2) is 78.9 Å². The van der Waals surface area contributed by atoms with Gasteiger partial charge in [0, 0.05) is 11.6 Å². The first kappa shape index (κ1) is 22.3. The molecule has 0 atom stereocenters. The van der Waals surface area contributed by atoms with Crippen LogP contribution in [-0.4, -0.2) is 5.11 Å². The molecule has 0 aliphatic heterocycles. The summed E-state index contributed by atoms with van der Waals surface area (Å²) in [5.74, 6) is 4.12. The summed E-state index contributed by atoms with van der Waals surface area (Å²) in [6.07, 6.45) is 8.80. The number of phenols is 1. The summed E-state index contributed by atoms with van der Waals surface area (Å²) in [5, 5.41) is 10.5. The Kier molecular flexibility index (Phi) is 4.77. The first-order valence-electron chi connectivity index (χ1n) is 14.2. The average Bonchev–Trinajstić information content (AvgIpc) is 3.29. The van der Waals surface area contributed by atoms with Crippen LogP contribution >= 0.6 is 0 Å². The van der Waals surface area contributed by atoms with Crippen LogP contribution in [0, 0.1) is 17.8 Å². The van der Waals surface area contributed by atoms with Crippen molar-refractivity contribution in [2.24, 2.45) is 17.8 Å². The first-order valence-corrected chi connectivity index (χ1v) is 14.2. The van der Waals surface area contributed by atoms with E-state index in [9.17, 15) is 5.11 Å². The maximum Gasteiger partial charge on any atom is 0.142 e. The monoisotopic (exact) mass is 499 g/mol. The summed E-state index contributed by atoms with van der Waals surface area (Å²) >= 11 is 0. The van der Waals surface area contributed by atoms with Crippen LogP contribution in [0.3, 0.4) is 0 Å². The van der Waals surface area contributed by atoms with Crippen molar-refractivity contribution in [1.82, 2.24) is 0 Å². The third-order valence-electron chi connectivity index (χ3n) is 9.98. The van der Waals surface area contributed by atoms with Crippen molar-refractivity contribution in [2.75, 3.05) is 5.73 Å². The molecule has 4 aromatic rings. The Hall–Kier alpha value is -3.72. The van der Waals surface area contributed by atoms with E-state index in [1.165, 1.54) is 77.5 Å². The minimum Gasteiger partial charge on any atom is -0.506 e. The summed E-state index contributed by atoms with van der Waals surface area (Å²) < 4.78 is 6.55. The smallest absolute Gasteiger partial charge is 0.142 e. The lowest BCUT2D eigenvalue weighted by atomic mass is 9.48. The fourth-order valence-electron chi connectivity index (χ4n) is 8.78. The van der Waals surface area contributed by atoms with E-state index in [-0.39, 0.29) is 11.2 Å². The van der Waals surface area contributed by atoms with Crippen molar-refractivity contribution in [2.45, 2.75) is 50.4 Å². The predicted octanol–water partition coefficient (Wildman–Crippen LogP) is 8.47. The number of anilines is 1. The number of nitrogen functional groups attached to an aromatic ring is 1. The Morgan fingerprint density at radius 1 is 0.737 bits per heavy atom. The number of hydrogen-bond donors (Lipinski definition) is 2. The highest BCUT2D eigenvalue weighted by molar-refractivity contribution is 5.84. The van der Waals surface area contributed by atoms with Gasteiger partial charge in [-0.25, -0.2) is 0 Å². The highest BCUT2D eigenvalue weighted by Gasteiger charge is 2.52. The quantitative estimate of drug-likeness (QED) is 0.193. The van der Waals surface area contributed by atoms with Crippen molar-refractivity contribution < 1.29 is 9.84 Å². The number of phenolic OH excluding ortho intramolecular Hbond substituents is 1. The van der Waals surface area contributed by atoms with Gasteiger partial charge >= 0.3 is 0 Å². The Morgan fingerprint density at radius 2 is 1.39 bits per heavy atom. The van der Waals surface area contributed by atoms with E-state index in [0.717, 1.165) is 35.7 Å². The molecule has 3 heteroatoms. The topological polar surface area (TPSA) is 55.5 Å². The van der Waals surface area contributed by atoms with Gasteiger partial charge in [0.2, 0.25) is 0 Å². The zero-order valence-electron chi connectivity index (χ0n) is 21.6. The van der Waals surface area contributed by atoms with Gasteiger partial charge < -0.3 is 15.6 Å². The minimum atomic E-state index is 0.101. The van der Waals surface area contributed by atoms with Crippen molar-refractivity contribution in [1.29, 1.82) is 0 Å². The van der Waals surface area contributed by atoms with Crippen LogP contribution in [0.1, 0.15) is 55.2 Å². The summed E-state index contributed by atoms with van der Waals surface area (Å²) in [6.45, 7) is 0. The maximum absolute atomic E-state index is 10.5. The summed E-state index contributed by atoms with van der Waals surface area (Å²) in [6, 6.07) is 27.6. The molecule has 190 valence electrons. The fraction of sp³-hybridized carbons (Fsp3) is 0.314. The Morgan fingerprint density at radius 3 is 2.13 bits per heavy atom. The van der Waals surface area contributed by atoms with Crippen LogP contribution < -0.4 is 10.5 Å². The molecule has 0 amide bonds. The summed E-state index contributed by atoms with van der Waals surface area (Å²) in [7, 11) is 0. The summed E-state index contributed by atoms with van der Waals surface area (Å²) in [4.78, 5) is 0. The lowest BCUT2D eigenvalue weighted by Crippen LogP contribution is -2.48. The van der Waals surface area contributed by atoms with E-state index < -0.39 is 0 Å². The molecule has 0 unspecified atom stereocenters. The second-order valence-corrected chi connectivity index (χ2v) is 12.4. The second-order valence-electron chi connectivity index (χ2n) is 12.4. The Balaban J connectivity index is 1.12. The molecule has 4 aromatic carbocycles. The SMILES string of the molecule is Nc1cc(C23CC4CC(CC(C4)C2)C3)c(Oc2ccc(-c3cccc4c3Cc3ccccc3-4)cc2)cc1O. The second kappa shape index (κ2) is 8.14. The van der Waals surface area contributed by atoms with Gasteiger partial charge in [0.15, 0.2) is 0 Å². The van der Waals surface area contributed by atoms with Gasteiger partial charge in [-0.1, -0.05) is 54.6 Å². The number of benzene rings is 4. The van der Waals surface area contributed by atoms with Crippen LogP contribution in [0.5, 0.6) is 17.2 Å². The lowest BCUT2D eigenvalue weighted by molar-refractivity contribution is -0.00597. The molecule has 3 N–H and O–H groups in total.